The Balaban J connectivity index is 1.36. The summed E-state index contributed by atoms with van der Waals surface area (Å²) in [6, 6.07) is 21.2. The molecular weight excluding hydrogens is 397 g/mol. The first-order valence-corrected chi connectivity index (χ1v) is 9.76. The molecule has 4 nitrogen and oxygen atoms in total. The number of halogens is 2. The zero-order valence-electron chi connectivity index (χ0n) is 15.0. The molecule has 1 N–H and O–H groups in total. The first-order valence-electron chi connectivity index (χ1n) is 9.01. The normalized spacial score (nSPS) is 19.8. The van der Waals surface area contributed by atoms with E-state index >= 15 is 0 Å². The van der Waals surface area contributed by atoms with Crippen molar-refractivity contribution in [3.63, 3.8) is 0 Å². The minimum atomic E-state index is -1.28. The number of ether oxygens (including phenoxy) is 2. The van der Waals surface area contributed by atoms with Crippen molar-refractivity contribution in [2.24, 2.45) is 5.92 Å². The standard InChI is InChI=1S/C22H19Cl2NO3/c23-22(24)19(20(22)28-17-9-5-2-6-10-17)21(26)27-14-18-16(11-12-25-18)13-15-7-3-1-4-8-15/h1-12,19-20,25H,13-14H2. The summed E-state index contributed by atoms with van der Waals surface area (Å²) in [6.45, 7) is 0.131. The third kappa shape index (κ3) is 4.03. The Morgan fingerprint density at radius 2 is 1.68 bits per heavy atom. The van der Waals surface area contributed by atoms with E-state index in [9.17, 15) is 4.79 Å². The van der Waals surface area contributed by atoms with Crippen LogP contribution < -0.4 is 4.74 Å². The maximum absolute atomic E-state index is 12.5. The van der Waals surface area contributed by atoms with E-state index in [-0.39, 0.29) is 6.61 Å². The highest BCUT2D eigenvalue weighted by atomic mass is 35.5. The number of nitrogens with one attached hydrogen (secondary N) is 1. The fourth-order valence-corrected chi connectivity index (χ4v) is 3.78. The third-order valence-corrected chi connectivity index (χ3v) is 5.67. The SMILES string of the molecule is O=C(OCc1[nH]ccc1Cc1ccccc1)C1C(Oc2ccccc2)C1(Cl)Cl. The second-order valence-corrected chi connectivity index (χ2v) is 8.20. The number of aromatic nitrogens is 1. The van der Waals surface area contributed by atoms with Gasteiger partial charge in [-0.05, 0) is 35.7 Å². The predicted molar refractivity (Wildman–Crippen MR) is 109 cm³/mol. The molecule has 1 aromatic heterocycles. The van der Waals surface area contributed by atoms with Gasteiger partial charge in [0.1, 0.15) is 24.4 Å². The molecule has 0 amide bonds. The molecule has 4 rings (SSSR count). The summed E-state index contributed by atoms with van der Waals surface area (Å²) in [6.07, 6.45) is 1.97. The molecule has 0 radical (unpaired) electrons. The fraction of sp³-hybridized carbons (Fsp3) is 0.227. The average molecular weight is 416 g/mol. The number of aromatic amines is 1. The average Bonchev–Trinajstić information content (AvgIpc) is 3.01. The lowest BCUT2D eigenvalue weighted by Gasteiger charge is -2.07. The van der Waals surface area contributed by atoms with E-state index in [1.807, 2.05) is 48.7 Å². The second kappa shape index (κ2) is 7.90. The second-order valence-electron chi connectivity index (χ2n) is 6.76. The lowest BCUT2D eigenvalue weighted by atomic mass is 10.1. The van der Waals surface area contributed by atoms with E-state index in [1.54, 1.807) is 12.1 Å². The van der Waals surface area contributed by atoms with Crippen molar-refractivity contribution in [2.75, 3.05) is 0 Å². The van der Waals surface area contributed by atoms with Gasteiger partial charge in [0.15, 0.2) is 4.33 Å². The van der Waals surface area contributed by atoms with Gasteiger partial charge in [0.05, 0.1) is 5.69 Å². The van der Waals surface area contributed by atoms with Crippen LogP contribution in [0.25, 0.3) is 0 Å². The largest absolute Gasteiger partial charge is 0.486 e. The van der Waals surface area contributed by atoms with Crippen molar-refractivity contribution in [2.45, 2.75) is 23.5 Å². The Kier molecular flexibility index (Phi) is 5.33. The van der Waals surface area contributed by atoms with Crippen LogP contribution in [0, 0.1) is 5.92 Å². The highest BCUT2D eigenvalue weighted by molar-refractivity contribution is 6.53. The molecule has 0 spiro atoms. The number of hydrogen-bond acceptors (Lipinski definition) is 3. The molecule has 2 atom stereocenters. The van der Waals surface area contributed by atoms with Crippen molar-refractivity contribution in [1.29, 1.82) is 0 Å². The Morgan fingerprint density at radius 1 is 1.00 bits per heavy atom. The zero-order chi connectivity index (χ0) is 19.6. The molecule has 2 aromatic carbocycles. The highest BCUT2D eigenvalue weighted by Gasteiger charge is 2.71. The summed E-state index contributed by atoms with van der Waals surface area (Å²) in [5.74, 6) is -0.572. The lowest BCUT2D eigenvalue weighted by Crippen LogP contribution is -2.13. The molecule has 6 heteroatoms. The molecule has 2 unspecified atom stereocenters. The Labute approximate surface area is 173 Å². The summed E-state index contributed by atoms with van der Waals surface area (Å²) in [7, 11) is 0. The van der Waals surface area contributed by atoms with Crippen molar-refractivity contribution >= 4 is 29.2 Å². The van der Waals surface area contributed by atoms with Crippen LogP contribution in [0.2, 0.25) is 0 Å². The van der Waals surface area contributed by atoms with Gasteiger partial charge in [-0.1, -0.05) is 71.7 Å². The van der Waals surface area contributed by atoms with Gasteiger partial charge in [0.2, 0.25) is 0 Å². The Bertz CT molecular complexity index is 941. The van der Waals surface area contributed by atoms with E-state index in [4.69, 9.17) is 32.7 Å². The van der Waals surface area contributed by atoms with Crippen molar-refractivity contribution in [3.8, 4) is 5.75 Å². The molecular formula is C22H19Cl2NO3. The number of carbonyl (C=O) groups excluding carboxylic acids is 1. The van der Waals surface area contributed by atoms with Gasteiger partial charge in [0, 0.05) is 6.20 Å². The van der Waals surface area contributed by atoms with Gasteiger partial charge < -0.3 is 14.5 Å². The number of esters is 1. The van der Waals surface area contributed by atoms with E-state index in [0.717, 1.165) is 17.7 Å². The minimum absolute atomic E-state index is 0.131. The summed E-state index contributed by atoms with van der Waals surface area (Å²) in [4.78, 5) is 15.6. The van der Waals surface area contributed by atoms with E-state index in [1.165, 1.54) is 5.56 Å². The van der Waals surface area contributed by atoms with Crippen LogP contribution in [-0.2, 0) is 22.6 Å². The molecule has 1 aliphatic carbocycles. The molecule has 1 fully saturated rings. The minimum Gasteiger partial charge on any atom is -0.486 e. The number of carbonyl (C=O) groups is 1. The smallest absolute Gasteiger partial charge is 0.316 e. The maximum atomic E-state index is 12.5. The monoisotopic (exact) mass is 415 g/mol. The molecule has 0 aliphatic heterocycles. The summed E-state index contributed by atoms with van der Waals surface area (Å²) < 4.78 is 9.93. The Hall–Kier alpha value is -2.43. The lowest BCUT2D eigenvalue weighted by molar-refractivity contribution is -0.147. The Morgan fingerprint density at radius 3 is 2.39 bits per heavy atom. The molecule has 1 aliphatic rings. The molecule has 1 heterocycles. The highest BCUT2D eigenvalue weighted by Crippen LogP contribution is 2.55. The van der Waals surface area contributed by atoms with E-state index in [0.29, 0.717) is 5.75 Å². The molecule has 28 heavy (non-hydrogen) atoms. The van der Waals surface area contributed by atoms with Gasteiger partial charge in [0.25, 0.3) is 0 Å². The number of hydrogen-bond donors (Lipinski definition) is 1. The summed E-state index contributed by atoms with van der Waals surface area (Å²) >= 11 is 12.5. The topological polar surface area (TPSA) is 51.3 Å². The van der Waals surface area contributed by atoms with Crippen LogP contribution in [0.15, 0.2) is 72.9 Å². The van der Waals surface area contributed by atoms with Crippen LogP contribution in [0.3, 0.4) is 0 Å². The van der Waals surface area contributed by atoms with Crippen LogP contribution in [-0.4, -0.2) is 21.4 Å². The van der Waals surface area contributed by atoms with E-state index in [2.05, 4.69) is 17.1 Å². The van der Waals surface area contributed by atoms with E-state index < -0.39 is 22.3 Å². The molecule has 3 aromatic rings. The van der Waals surface area contributed by atoms with Gasteiger partial charge >= 0.3 is 5.97 Å². The summed E-state index contributed by atoms with van der Waals surface area (Å²) in [5, 5.41) is 0. The third-order valence-electron chi connectivity index (χ3n) is 4.77. The summed E-state index contributed by atoms with van der Waals surface area (Å²) in [5.41, 5.74) is 3.12. The van der Waals surface area contributed by atoms with Crippen molar-refractivity contribution < 1.29 is 14.3 Å². The van der Waals surface area contributed by atoms with Gasteiger partial charge in [-0.2, -0.15) is 0 Å². The van der Waals surface area contributed by atoms with Crippen LogP contribution in [0.1, 0.15) is 16.8 Å². The predicted octanol–water partition coefficient (Wildman–Crippen LogP) is 4.90. The maximum Gasteiger partial charge on any atom is 0.316 e. The molecule has 0 saturated heterocycles. The molecule has 0 bridgehead atoms. The van der Waals surface area contributed by atoms with Crippen molar-refractivity contribution in [1.82, 2.24) is 4.98 Å². The number of rotatable bonds is 7. The van der Waals surface area contributed by atoms with Gasteiger partial charge in [-0.3, -0.25) is 4.79 Å². The van der Waals surface area contributed by atoms with Gasteiger partial charge in [-0.25, -0.2) is 0 Å². The number of H-pyrrole nitrogens is 1. The number of para-hydroxylation sites is 1. The number of alkyl halides is 2. The first-order chi connectivity index (χ1) is 13.6. The van der Waals surface area contributed by atoms with Crippen molar-refractivity contribution in [3.05, 3.63) is 89.7 Å². The molecule has 144 valence electrons. The number of benzene rings is 2. The zero-order valence-corrected chi connectivity index (χ0v) is 16.5. The van der Waals surface area contributed by atoms with Crippen LogP contribution in [0.5, 0.6) is 5.75 Å². The fourth-order valence-electron chi connectivity index (χ4n) is 3.16. The van der Waals surface area contributed by atoms with Gasteiger partial charge in [-0.15, -0.1) is 0 Å². The molecule has 1 saturated carbocycles. The first kappa shape index (κ1) is 18.9. The van der Waals surface area contributed by atoms with Crippen LogP contribution >= 0.6 is 23.2 Å². The van der Waals surface area contributed by atoms with Crippen LogP contribution in [0.4, 0.5) is 0 Å². The quantitative estimate of drug-likeness (QED) is 0.440.